The summed E-state index contributed by atoms with van der Waals surface area (Å²) >= 11 is 0. The standard InChI is InChI=1S/C45H28N4/c1-3-12-29(13-4-1)34-22-24-38-41(28-34)49(40-25-23-35-26-32-17-7-8-18-33(32)27-39(35)42(38)40)45-47-43(31-15-5-2-6-16-31)46-44(48-45)37-21-11-19-30-14-9-10-20-36(30)37/h1-28H. The van der Waals surface area contributed by atoms with Gasteiger partial charge in [-0.05, 0) is 67.7 Å². The Labute approximate surface area is 282 Å². The molecule has 0 saturated heterocycles. The lowest BCUT2D eigenvalue weighted by Gasteiger charge is -2.12. The normalized spacial score (nSPS) is 11.7. The van der Waals surface area contributed by atoms with Gasteiger partial charge in [0.1, 0.15) is 0 Å². The minimum absolute atomic E-state index is 0.585. The van der Waals surface area contributed by atoms with Crippen LogP contribution in [0, 0.1) is 0 Å². The molecule has 4 heteroatoms. The van der Waals surface area contributed by atoms with Gasteiger partial charge in [-0.25, -0.2) is 4.98 Å². The minimum atomic E-state index is 0.585. The Balaban J connectivity index is 1.33. The van der Waals surface area contributed by atoms with Crippen molar-refractivity contribution < 1.29 is 0 Å². The maximum absolute atomic E-state index is 5.30. The van der Waals surface area contributed by atoms with Gasteiger partial charge in [-0.15, -0.1) is 0 Å². The van der Waals surface area contributed by atoms with Crippen molar-refractivity contribution in [2.75, 3.05) is 0 Å². The highest BCUT2D eigenvalue weighted by Gasteiger charge is 2.21. The summed E-state index contributed by atoms with van der Waals surface area (Å²) in [6.45, 7) is 0. The third-order valence-electron chi connectivity index (χ3n) is 9.61. The van der Waals surface area contributed by atoms with Crippen LogP contribution in [0.4, 0.5) is 0 Å². The van der Waals surface area contributed by atoms with Crippen molar-refractivity contribution in [3.05, 3.63) is 170 Å². The van der Waals surface area contributed by atoms with Crippen molar-refractivity contribution in [3.8, 4) is 39.9 Å². The molecule has 0 radical (unpaired) electrons. The van der Waals surface area contributed by atoms with Gasteiger partial charge in [-0.1, -0.05) is 146 Å². The van der Waals surface area contributed by atoms with Crippen LogP contribution in [-0.2, 0) is 0 Å². The molecule has 0 atom stereocenters. The molecule has 2 heterocycles. The number of fused-ring (bicyclic) bond motifs is 7. The van der Waals surface area contributed by atoms with Gasteiger partial charge in [-0.2, -0.15) is 9.97 Å². The van der Waals surface area contributed by atoms with Gasteiger partial charge >= 0.3 is 0 Å². The molecule has 0 spiro atoms. The monoisotopic (exact) mass is 624 g/mol. The molecule has 10 rings (SSSR count). The van der Waals surface area contributed by atoms with Crippen LogP contribution in [0.3, 0.4) is 0 Å². The van der Waals surface area contributed by atoms with E-state index in [2.05, 4.69) is 156 Å². The number of nitrogens with zero attached hydrogens (tertiary/aromatic N) is 4. The first-order chi connectivity index (χ1) is 24.3. The third-order valence-corrected chi connectivity index (χ3v) is 9.61. The second kappa shape index (κ2) is 11.0. The molecule has 0 aliphatic rings. The summed E-state index contributed by atoms with van der Waals surface area (Å²) in [5, 5.41) is 9.45. The van der Waals surface area contributed by atoms with E-state index in [1.807, 2.05) is 18.2 Å². The second-order valence-corrected chi connectivity index (χ2v) is 12.5. The summed E-state index contributed by atoms with van der Waals surface area (Å²) in [5.41, 5.74) is 6.31. The van der Waals surface area contributed by atoms with Gasteiger partial charge < -0.3 is 0 Å². The predicted molar refractivity (Wildman–Crippen MR) is 203 cm³/mol. The van der Waals surface area contributed by atoms with Crippen molar-refractivity contribution in [2.24, 2.45) is 0 Å². The van der Waals surface area contributed by atoms with Gasteiger partial charge in [0.25, 0.3) is 0 Å². The zero-order valence-corrected chi connectivity index (χ0v) is 26.5. The van der Waals surface area contributed by atoms with Crippen LogP contribution in [0.25, 0.3) is 94.0 Å². The van der Waals surface area contributed by atoms with Crippen LogP contribution in [-0.4, -0.2) is 19.5 Å². The topological polar surface area (TPSA) is 43.6 Å². The Bertz CT molecular complexity index is 2870. The zero-order chi connectivity index (χ0) is 32.3. The van der Waals surface area contributed by atoms with Crippen molar-refractivity contribution >= 4 is 54.1 Å². The molecule has 0 aliphatic carbocycles. The molecule has 0 saturated carbocycles. The summed E-state index contributed by atoms with van der Waals surface area (Å²) in [6.07, 6.45) is 0. The molecule has 10 aromatic rings. The summed E-state index contributed by atoms with van der Waals surface area (Å²) in [5.74, 6) is 1.86. The van der Waals surface area contributed by atoms with Gasteiger partial charge in [0.2, 0.25) is 5.95 Å². The summed E-state index contributed by atoms with van der Waals surface area (Å²) in [6, 6.07) is 59.9. The fourth-order valence-electron chi connectivity index (χ4n) is 7.28. The fraction of sp³-hybridized carbons (Fsp3) is 0. The Kier molecular flexibility index (Phi) is 6.15. The molecular weight excluding hydrogens is 597 g/mol. The molecule has 8 aromatic carbocycles. The molecular formula is C45H28N4. The smallest absolute Gasteiger partial charge is 0.238 e. The van der Waals surface area contributed by atoms with E-state index in [1.165, 1.54) is 26.9 Å². The van der Waals surface area contributed by atoms with Crippen molar-refractivity contribution in [1.29, 1.82) is 0 Å². The van der Waals surface area contributed by atoms with E-state index in [0.29, 0.717) is 17.6 Å². The fourth-order valence-corrected chi connectivity index (χ4v) is 7.28. The molecule has 0 fully saturated rings. The number of benzene rings is 8. The predicted octanol–water partition coefficient (Wildman–Crippen LogP) is 11.4. The van der Waals surface area contributed by atoms with Gasteiger partial charge in [0.05, 0.1) is 11.0 Å². The van der Waals surface area contributed by atoms with E-state index >= 15 is 0 Å². The highest BCUT2D eigenvalue weighted by atomic mass is 15.2. The van der Waals surface area contributed by atoms with E-state index < -0.39 is 0 Å². The number of aromatic nitrogens is 4. The first-order valence-electron chi connectivity index (χ1n) is 16.5. The van der Waals surface area contributed by atoms with Crippen LogP contribution in [0.2, 0.25) is 0 Å². The Morgan fingerprint density at radius 3 is 1.84 bits per heavy atom. The summed E-state index contributed by atoms with van der Waals surface area (Å²) in [4.78, 5) is 15.6. The van der Waals surface area contributed by atoms with E-state index in [0.717, 1.165) is 49.4 Å². The molecule has 0 unspecified atom stereocenters. The molecule has 228 valence electrons. The van der Waals surface area contributed by atoms with Crippen LogP contribution < -0.4 is 0 Å². The molecule has 0 amide bonds. The number of hydrogen-bond acceptors (Lipinski definition) is 3. The molecule has 49 heavy (non-hydrogen) atoms. The van der Waals surface area contributed by atoms with Crippen LogP contribution in [0.5, 0.6) is 0 Å². The summed E-state index contributed by atoms with van der Waals surface area (Å²) < 4.78 is 2.23. The SMILES string of the molecule is c1ccc(-c2ccc3c4c5cc6ccccc6cc5ccc4n(-c4nc(-c5ccccc5)nc(-c5cccc6ccccc56)n4)c3c2)cc1. The summed E-state index contributed by atoms with van der Waals surface area (Å²) in [7, 11) is 0. The van der Waals surface area contributed by atoms with Gasteiger partial charge in [0, 0.05) is 21.9 Å². The zero-order valence-electron chi connectivity index (χ0n) is 26.5. The first-order valence-corrected chi connectivity index (χ1v) is 16.5. The van der Waals surface area contributed by atoms with E-state index in [4.69, 9.17) is 15.0 Å². The lowest BCUT2D eigenvalue weighted by molar-refractivity contribution is 0.954. The van der Waals surface area contributed by atoms with Crippen LogP contribution in [0.1, 0.15) is 0 Å². The van der Waals surface area contributed by atoms with E-state index in [9.17, 15) is 0 Å². The maximum Gasteiger partial charge on any atom is 0.238 e. The minimum Gasteiger partial charge on any atom is -0.278 e. The average Bonchev–Trinajstić information content (AvgIpc) is 3.51. The van der Waals surface area contributed by atoms with Crippen molar-refractivity contribution in [1.82, 2.24) is 19.5 Å². The van der Waals surface area contributed by atoms with Crippen LogP contribution in [0.15, 0.2) is 170 Å². The Hall–Kier alpha value is -6.65. The number of rotatable bonds is 4. The third kappa shape index (κ3) is 4.49. The molecule has 0 N–H and O–H groups in total. The Morgan fingerprint density at radius 2 is 1.02 bits per heavy atom. The molecule has 0 bridgehead atoms. The van der Waals surface area contributed by atoms with Gasteiger partial charge in [-0.3, -0.25) is 4.57 Å². The lowest BCUT2D eigenvalue weighted by atomic mass is 9.98. The molecule has 0 aliphatic heterocycles. The highest BCUT2D eigenvalue weighted by Crippen LogP contribution is 2.40. The van der Waals surface area contributed by atoms with Gasteiger partial charge in [0.15, 0.2) is 11.6 Å². The largest absolute Gasteiger partial charge is 0.278 e. The molecule has 4 nitrogen and oxygen atoms in total. The van der Waals surface area contributed by atoms with E-state index in [1.54, 1.807) is 0 Å². The quantitative estimate of drug-likeness (QED) is 0.183. The second-order valence-electron chi connectivity index (χ2n) is 12.5. The first kappa shape index (κ1) is 27.5. The Morgan fingerprint density at radius 1 is 0.347 bits per heavy atom. The average molecular weight is 625 g/mol. The highest BCUT2D eigenvalue weighted by molar-refractivity contribution is 6.23. The molecule has 2 aromatic heterocycles. The van der Waals surface area contributed by atoms with Crippen molar-refractivity contribution in [3.63, 3.8) is 0 Å². The maximum atomic E-state index is 5.30. The number of hydrogen-bond donors (Lipinski definition) is 0. The van der Waals surface area contributed by atoms with E-state index in [-0.39, 0.29) is 0 Å². The lowest BCUT2D eigenvalue weighted by Crippen LogP contribution is -2.06. The van der Waals surface area contributed by atoms with Crippen LogP contribution >= 0.6 is 0 Å². The van der Waals surface area contributed by atoms with Crippen molar-refractivity contribution in [2.45, 2.75) is 0 Å².